The molecule has 0 aromatic carbocycles. The molecule has 82 heavy (non-hydrogen) atoms. The van der Waals surface area contributed by atoms with Crippen LogP contribution in [0.1, 0.15) is 57.2 Å². The monoisotopic (exact) mass is 1250 g/mol. The van der Waals surface area contributed by atoms with Crippen molar-refractivity contribution in [2.45, 2.75) is 162 Å². The number of hydrogen-bond donors (Lipinski definition) is 19. The van der Waals surface area contributed by atoms with Crippen molar-refractivity contribution in [3.8, 4) is 0 Å². The highest BCUT2D eigenvalue weighted by Crippen LogP contribution is 2.66. The zero-order valence-electron chi connectivity index (χ0n) is 42.9. The number of nitrogens with zero attached hydrogens (tertiary/aromatic N) is 1. The lowest BCUT2D eigenvalue weighted by Crippen LogP contribution is -2.70. The fourth-order valence-corrected chi connectivity index (χ4v) is 11.9. The smallest absolute Gasteiger partial charge is 0.477 e. The first kappa shape index (κ1) is 69.3. The van der Waals surface area contributed by atoms with Crippen molar-refractivity contribution in [1.29, 1.82) is 0 Å². The van der Waals surface area contributed by atoms with Crippen LogP contribution in [-0.4, -0.2) is 258 Å². The minimum atomic E-state index is -5.84. The lowest BCUT2D eigenvalue weighted by Gasteiger charge is -2.50. The number of phosphoric ester groups is 1. The third-order valence-corrected chi connectivity index (χ3v) is 16.6. The Morgan fingerprint density at radius 2 is 1.49 bits per heavy atom. The van der Waals surface area contributed by atoms with Gasteiger partial charge in [-0.2, -0.15) is 8.62 Å². The van der Waals surface area contributed by atoms with Crippen LogP contribution in [0.5, 0.6) is 0 Å². The van der Waals surface area contributed by atoms with E-state index in [0.717, 1.165) is 29.8 Å². The molecule has 2 unspecified atom stereocenters. The van der Waals surface area contributed by atoms with Crippen molar-refractivity contribution in [2.24, 2.45) is 0 Å². The second kappa shape index (κ2) is 29.8. The number of unbranched alkanes of at least 4 members (excludes halogenated alkanes) is 3. The van der Waals surface area contributed by atoms with Gasteiger partial charge < -0.3 is 125 Å². The molecule has 4 aliphatic rings. The summed E-state index contributed by atoms with van der Waals surface area (Å²) in [4.78, 5) is 101. The number of hydrogen-bond acceptors (Lipinski definition) is 29. The predicted octanol–water partition coefficient (Wildman–Crippen LogP) is -7.97. The summed E-state index contributed by atoms with van der Waals surface area (Å²) in [5, 5.41) is 132. The Kier molecular flexibility index (Phi) is 25.1. The topological polar surface area (TPSA) is 597 Å². The standard InChI is InChI=1S/C41H67N4O34P3/c1-17(49)43-27-20(51)11-41(39(60)61,76-34(27)28(54)21(52)13-46)77-35-29(55)22(14-47)73-38(32(35)58)75-33-23(15-48)74-37(31(57)30(33)56)70-9-5-3-2-4-8-42-25(53)7-6-18-12-45(40(62)44-36(18)59)26-10-19(50)24(72-26)16-71-81(66,67)79-82(68,69)78-80(63,64)65/h6-7,12,19-24,26-35,37-38,46-48,50-52,54-58H,2-5,8-11,13-16H2,1H3,(H,42,53)(H,43,49)(H,60,61)(H,66,67)(H,68,69)(H,44,59,62)(H2,63,64,65)/b7-6+/t19-,20-,21+,22+,23+,24+,26+,27-,28+,29-,30+,31+,32+,33+,34+,35-,37+,38-,41-/m0/s1. The number of rotatable bonds is 29. The van der Waals surface area contributed by atoms with Crippen molar-refractivity contribution >= 4 is 47.3 Å². The van der Waals surface area contributed by atoms with E-state index < -0.39 is 201 Å². The van der Waals surface area contributed by atoms with Crippen molar-refractivity contribution in [3.63, 3.8) is 0 Å². The van der Waals surface area contributed by atoms with Gasteiger partial charge in [0.05, 0.1) is 50.2 Å². The van der Waals surface area contributed by atoms with Crippen LogP contribution in [0.25, 0.3) is 6.08 Å². The van der Waals surface area contributed by atoms with Crippen LogP contribution < -0.4 is 21.9 Å². The SMILES string of the molecule is CC(=O)N[C@@H]1[C@H]([C@H](O)[C@H](O)CO)O[C@@](O[C@H]2[C@@H](O)[C@@H](CO)O[C@@H](O[C@H]3[C@H](O)[C@@H](O)[C@H](OCCCCCCNC(=O)/C=C/c4cn([C@H]5C[C@H](O)[C@@H](COP(=O)(O)OP(=O)(O)OP(=O)(O)O)O5)c(=O)[nH]c4=O)O[C@@H]3CO)[C@@H]2O)(C(=O)O)C[C@@H]1O. The molecule has 38 nitrogen and oxygen atoms in total. The van der Waals surface area contributed by atoms with Gasteiger partial charge in [0, 0.05) is 45.2 Å². The predicted molar refractivity (Wildman–Crippen MR) is 260 cm³/mol. The summed E-state index contributed by atoms with van der Waals surface area (Å²) in [7, 11) is -17.1. The van der Waals surface area contributed by atoms with Crippen LogP contribution in [0.3, 0.4) is 0 Å². The molecule has 2 amide bonds. The van der Waals surface area contributed by atoms with Crippen molar-refractivity contribution in [1.82, 2.24) is 20.2 Å². The molecule has 1 aromatic heterocycles. The highest BCUT2D eigenvalue weighted by molar-refractivity contribution is 7.66. The first-order valence-corrected chi connectivity index (χ1v) is 29.2. The van der Waals surface area contributed by atoms with Crippen LogP contribution in [0.2, 0.25) is 0 Å². The molecule has 41 heteroatoms. The summed E-state index contributed by atoms with van der Waals surface area (Å²) in [6, 6.07) is -1.61. The van der Waals surface area contributed by atoms with Gasteiger partial charge in [0.15, 0.2) is 12.6 Å². The van der Waals surface area contributed by atoms with E-state index in [2.05, 4.69) is 23.8 Å². The summed E-state index contributed by atoms with van der Waals surface area (Å²) < 4.78 is 86.2. The number of aliphatic hydroxyl groups is 11. The molecule has 0 bridgehead atoms. The number of aromatic nitrogens is 2. The Bertz CT molecular complexity index is 2610. The lowest BCUT2D eigenvalue weighted by molar-refractivity contribution is -0.386. The molecule has 0 spiro atoms. The summed E-state index contributed by atoms with van der Waals surface area (Å²) in [6.07, 6.45) is -28.4. The largest absolute Gasteiger partial charge is 0.490 e. The van der Waals surface area contributed by atoms with Gasteiger partial charge in [0.25, 0.3) is 11.3 Å². The maximum Gasteiger partial charge on any atom is 0.490 e. The number of aliphatic carboxylic acids is 1. The molecular formula is C41H67N4O34P3. The average Bonchev–Trinajstić information content (AvgIpc) is 3.93. The van der Waals surface area contributed by atoms with Crippen LogP contribution in [0.15, 0.2) is 21.9 Å². The number of carbonyl (C=O) groups excluding carboxylic acids is 2. The zero-order valence-corrected chi connectivity index (χ0v) is 45.6. The molecule has 4 fully saturated rings. The summed E-state index contributed by atoms with van der Waals surface area (Å²) in [5.74, 6) is -6.59. The molecule has 470 valence electrons. The van der Waals surface area contributed by atoms with Crippen molar-refractivity contribution < 1.29 is 155 Å². The van der Waals surface area contributed by atoms with E-state index in [9.17, 15) is 109 Å². The number of carbonyl (C=O) groups is 3. The van der Waals surface area contributed by atoms with Gasteiger partial charge in [-0.25, -0.2) is 23.3 Å². The lowest BCUT2D eigenvalue weighted by atomic mass is 9.88. The Morgan fingerprint density at radius 3 is 2.11 bits per heavy atom. The Balaban J connectivity index is 1.08. The number of amides is 2. The number of ether oxygens (including phenoxy) is 7. The second-order valence-corrected chi connectivity index (χ2v) is 23.4. The number of carboxylic acid groups (broad SMARTS) is 1. The van der Waals surface area contributed by atoms with E-state index in [1.807, 2.05) is 4.98 Å². The fraction of sp³-hybridized carbons (Fsp3) is 0.780. The van der Waals surface area contributed by atoms with E-state index in [1.165, 1.54) is 0 Å². The molecule has 0 saturated carbocycles. The fourth-order valence-electron chi connectivity index (χ4n) is 8.84. The summed E-state index contributed by atoms with van der Waals surface area (Å²) in [6.45, 7) is -3.02. The highest BCUT2D eigenvalue weighted by atomic mass is 31.3. The third-order valence-electron chi connectivity index (χ3n) is 12.8. The van der Waals surface area contributed by atoms with Gasteiger partial charge in [-0.15, -0.1) is 0 Å². The molecular weight excluding hydrogens is 1190 g/mol. The zero-order chi connectivity index (χ0) is 61.2. The van der Waals surface area contributed by atoms with Gasteiger partial charge in [-0.3, -0.25) is 28.5 Å². The van der Waals surface area contributed by atoms with E-state index in [-0.39, 0.29) is 25.1 Å². The highest BCUT2D eigenvalue weighted by Gasteiger charge is 2.60. The average molecular weight is 1250 g/mol. The van der Waals surface area contributed by atoms with Gasteiger partial charge >= 0.3 is 35.1 Å². The molecule has 1 aromatic rings. The van der Waals surface area contributed by atoms with Gasteiger partial charge in [-0.05, 0) is 18.9 Å². The third kappa shape index (κ3) is 18.5. The maximum absolute atomic E-state index is 12.8. The second-order valence-electron chi connectivity index (χ2n) is 19.0. The molecule has 0 radical (unpaired) electrons. The van der Waals surface area contributed by atoms with Gasteiger partial charge in [0.2, 0.25) is 11.8 Å². The number of H-pyrrole nitrogens is 1. The molecule has 21 atom stereocenters. The summed E-state index contributed by atoms with van der Waals surface area (Å²) >= 11 is 0. The molecule has 5 rings (SSSR count). The van der Waals surface area contributed by atoms with Crippen LogP contribution in [0, 0.1) is 0 Å². The minimum Gasteiger partial charge on any atom is -0.477 e. The van der Waals surface area contributed by atoms with Crippen molar-refractivity contribution in [2.75, 3.05) is 39.6 Å². The number of aromatic amines is 1. The Labute approximate surface area is 461 Å². The normalized spacial score (nSPS) is 34.9. The van der Waals surface area contributed by atoms with E-state index >= 15 is 0 Å². The number of carboxylic acids is 1. The molecule has 19 N–H and O–H groups in total. The van der Waals surface area contributed by atoms with Crippen LogP contribution >= 0.6 is 23.5 Å². The number of aliphatic hydroxyl groups excluding tert-OH is 11. The first-order chi connectivity index (χ1) is 38.3. The van der Waals surface area contributed by atoms with Gasteiger partial charge in [-0.1, -0.05) is 12.8 Å². The van der Waals surface area contributed by atoms with E-state index in [1.54, 1.807) is 0 Å². The Morgan fingerprint density at radius 1 is 0.829 bits per heavy atom. The van der Waals surface area contributed by atoms with Gasteiger partial charge in [0.1, 0.15) is 79.5 Å². The van der Waals surface area contributed by atoms with E-state index in [0.29, 0.717) is 25.7 Å². The molecule has 5 heterocycles. The van der Waals surface area contributed by atoms with Crippen LogP contribution in [0.4, 0.5) is 0 Å². The number of nitrogens with one attached hydrogen (secondary N) is 3. The maximum atomic E-state index is 12.8. The number of phosphoric acid groups is 3. The quantitative estimate of drug-likeness (QED) is 0.0201. The van der Waals surface area contributed by atoms with Crippen molar-refractivity contribution in [3.05, 3.63) is 38.7 Å². The molecule has 4 aliphatic heterocycles. The Hall–Kier alpha value is -3.48. The minimum absolute atomic E-state index is 0.0819. The van der Waals surface area contributed by atoms with Crippen LogP contribution in [-0.2, 0) is 74.4 Å². The molecule has 4 saturated heterocycles. The van der Waals surface area contributed by atoms with E-state index in [4.69, 9.17) is 42.9 Å². The first-order valence-electron chi connectivity index (χ1n) is 24.7. The summed E-state index contributed by atoms with van der Waals surface area (Å²) in [5.41, 5.74) is -2.22. The molecule has 0 aliphatic carbocycles.